The monoisotopic (exact) mass is 473 g/mol. The number of carbonyl (C=O) groups excluding carboxylic acids is 2. The maximum Gasteiger partial charge on any atom is 0.240 e. The Morgan fingerprint density at radius 3 is 2.39 bits per heavy atom. The molecular formula is C30H23N3O3. The first-order chi connectivity index (χ1) is 17.4. The van der Waals surface area contributed by atoms with E-state index in [0.29, 0.717) is 35.0 Å². The van der Waals surface area contributed by atoms with Crippen molar-refractivity contribution in [1.29, 1.82) is 10.5 Å². The summed E-state index contributed by atoms with van der Waals surface area (Å²) in [5, 5.41) is 20.0. The number of hydrogen-bond acceptors (Lipinski definition) is 5. The van der Waals surface area contributed by atoms with Crippen LogP contribution in [0.3, 0.4) is 0 Å². The van der Waals surface area contributed by atoms with Gasteiger partial charge in [-0.25, -0.2) is 4.90 Å². The van der Waals surface area contributed by atoms with Crippen LogP contribution in [-0.2, 0) is 14.3 Å². The highest BCUT2D eigenvalue weighted by Crippen LogP contribution is 2.62. The van der Waals surface area contributed by atoms with Crippen molar-refractivity contribution in [2.24, 2.45) is 11.8 Å². The molecule has 176 valence electrons. The summed E-state index contributed by atoms with van der Waals surface area (Å²) in [6, 6.07) is 22.4. The molecule has 3 saturated heterocycles. The summed E-state index contributed by atoms with van der Waals surface area (Å²) in [7, 11) is 0. The molecule has 3 heterocycles. The lowest BCUT2D eigenvalue weighted by molar-refractivity contribution is -0.130. The minimum absolute atomic E-state index is 0.222. The van der Waals surface area contributed by atoms with E-state index >= 15 is 0 Å². The van der Waals surface area contributed by atoms with Crippen LogP contribution in [0.4, 0.5) is 5.69 Å². The number of benzene rings is 3. The molecule has 0 radical (unpaired) electrons. The summed E-state index contributed by atoms with van der Waals surface area (Å²) in [4.78, 5) is 29.1. The number of fused-ring (bicyclic) bond motifs is 6. The molecule has 0 spiro atoms. The molecule has 3 aromatic carbocycles. The summed E-state index contributed by atoms with van der Waals surface area (Å²) in [6.45, 7) is 1.95. The van der Waals surface area contributed by atoms with Crippen molar-refractivity contribution in [1.82, 2.24) is 0 Å². The fraction of sp³-hybridized carbons (Fsp3) is 0.267. The number of hydrogen-bond donors (Lipinski definition) is 0. The van der Waals surface area contributed by atoms with Crippen molar-refractivity contribution in [2.45, 2.75) is 37.4 Å². The maximum absolute atomic E-state index is 13.9. The second kappa shape index (κ2) is 7.88. The van der Waals surface area contributed by atoms with Crippen LogP contribution < -0.4 is 4.90 Å². The largest absolute Gasteiger partial charge is 0.367 e. The Labute approximate surface area is 209 Å². The molecule has 0 aromatic heterocycles. The number of ether oxygens (including phenoxy) is 1. The number of nitriles is 2. The lowest BCUT2D eigenvalue weighted by Gasteiger charge is -2.30. The molecule has 6 nitrogen and oxygen atoms in total. The fourth-order valence-electron chi connectivity index (χ4n) is 6.43. The zero-order valence-corrected chi connectivity index (χ0v) is 19.8. The van der Waals surface area contributed by atoms with Crippen molar-refractivity contribution in [3.05, 3.63) is 83.4 Å². The van der Waals surface area contributed by atoms with Gasteiger partial charge in [-0.3, -0.25) is 9.59 Å². The van der Waals surface area contributed by atoms with Crippen molar-refractivity contribution in [2.75, 3.05) is 4.90 Å². The van der Waals surface area contributed by atoms with Crippen molar-refractivity contribution in [3.63, 3.8) is 0 Å². The van der Waals surface area contributed by atoms with E-state index in [1.165, 1.54) is 4.90 Å². The smallest absolute Gasteiger partial charge is 0.240 e. The molecule has 3 aliphatic heterocycles. The van der Waals surface area contributed by atoms with Gasteiger partial charge in [-0.15, -0.1) is 0 Å². The Bertz CT molecular complexity index is 1540. The first-order valence-electron chi connectivity index (χ1n) is 12.1. The lowest BCUT2D eigenvalue weighted by Crippen LogP contribution is -2.41. The van der Waals surface area contributed by atoms with Gasteiger partial charge in [0.2, 0.25) is 11.8 Å². The van der Waals surface area contributed by atoms with Crippen LogP contribution in [-0.4, -0.2) is 23.0 Å². The van der Waals surface area contributed by atoms with E-state index in [2.05, 4.69) is 12.1 Å². The highest BCUT2D eigenvalue weighted by atomic mass is 16.5. The van der Waals surface area contributed by atoms with Gasteiger partial charge in [0.25, 0.3) is 0 Å². The minimum atomic E-state index is -0.730. The first-order valence-corrected chi connectivity index (χ1v) is 12.1. The summed E-state index contributed by atoms with van der Waals surface area (Å²) < 4.78 is 6.53. The molecular weight excluding hydrogens is 450 g/mol. The molecule has 0 saturated carbocycles. The summed E-state index contributed by atoms with van der Waals surface area (Å²) >= 11 is 0. The Balaban J connectivity index is 1.36. The molecule has 2 bridgehead atoms. The van der Waals surface area contributed by atoms with Crippen LogP contribution in [0.2, 0.25) is 0 Å². The van der Waals surface area contributed by atoms with E-state index < -0.39 is 23.0 Å². The van der Waals surface area contributed by atoms with Crippen LogP contribution in [0, 0.1) is 34.5 Å². The first kappa shape index (κ1) is 22.2. The van der Waals surface area contributed by atoms with E-state index in [9.17, 15) is 14.9 Å². The molecule has 3 aliphatic rings. The second-order valence-electron chi connectivity index (χ2n) is 10.1. The average molecular weight is 474 g/mol. The SMILES string of the molecule is CC12CCC(C/C=C\c3ccc(C#N)cc3)(O1)[C@@H]1C(=O)N(c3ccc(C#N)c4ccccc34)C(=O)[C@@H]12. The van der Waals surface area contributed by atoms with E-state index in [0.717, 1.165) is 17.4 Å². The van der Waals surface area contributed by atoms with Crippen molar-refractivity contribution >= 4 is 34.4 Å². The van der Waals surface area contributed by atoms with E-state index in [1.54, 1.807) is 24.3 Å². The van der Waals surface area contributed by atoms with Gasteiger partial charge in [-0.05, 0) is 56.0 Å². The van der Waals surface area contributed by atoms with Crippen LogP contribution in [0.15, 0.2) is 66.7 Å². The molecule has 3 fully saturated rings. The van der Waals surface area contributed by atoms with Gasteiger partial charge in [0.05, 0.1) is 52.0 Å². The standard InChI is InChI=1S/C30H23N3O3/c1-29-15-16-30(36-29,14-4-5-19-8-10-20(17-31)11-9-19)26-25(29)27(34)33(28(26)35)24-13-12-21(18-32)22-6-2-3-7-23(22)24/h2-13,25-26H,14-16H2,1H3/b5-4-/t25-,26+,29?,30?/m1/s1. The fourth-order valence-corrected chi connectivity index (χ4v) is 6.43. The van der Waals surface area contributed by atoms with Gasteiger partial charge in [-0.1, -0.05) is 48.6 Å². The molecule has 3 aromatic rings. The number of nitrogens with zero attached hydrogens (tertiary/aromatic N) is 3. The van der Waals surface area contributed by atoms with Gasteiger partial charge >= 0.3 is 0 Å². The van der Waals surface area contributed by atoms with Crippen LogP contribution in [0.1, 0.15) is 42.9 Å². The molecule has 0 N–H and O–H groups in total. The number of anilines is 1. The maximum atomic E-state index is 13.9. The predicted octanol–water partition coefficient (Wildman–Crippen LogP) is 5.11. The number of carbonyl (C=O) groups is 2. The molecule has 6 heteroatoms. The highest BCUT2D eigenvalue weighted by Gasteiger charge is 2.73. The van der Waals surface area contributed by atoms with Crippen molar-refractivity contribution in [3.8, 4) is 12.1 Å². The van der Waals surface area contributed by atoms with Crippen LogP contribution >= 0.6 is 0 Å². The summed E-state index contributed by atoms with van der Waals surface area (Å²) in [5.74, 6) is -1.53. The molecule has 4 atom stereocenters. The van der Waals surface area contributed by atoms with Crippen molar-refractivity contribution < 1.29 is 14.3 Å². The van der Waals surface area contributed by atoms with Gasteiger partial charge < -0.3 is 4.74 Å². The molecule has 6 rings (SSSR count). The molecule has 2 unspecified atom stereocenters. The molecule has 0 aliphatic carbocycles. The topological polar surface area (TPSA) is 94.2 Å². The predicted molar refractivity (Wildman–Crippen MR) is 134 cm³/mol. The molecule has 36 heavy (non-hydrogen) atoms. The van der Waals surface area contributed by atoms with Gasteiger partial charge in [0.1, 0.15) is 0 Å². The van der Waals surface area contributed by atoms with E-state index in [4.69, 9.17) is 10.00 Å². The highest BCUT2D eigenvalue weighted by molar-refractivity contribution is 6.26. The Kier molecular flexibility index (Phi) is 4.86. The second-order valence-corrected chi connectivity index (χ2v) is 10.1. The lowest BCUT2D eigenvalue weighted by atomic mass is 9.67. The van der Waals surface area contributed by atoms with E-state index in [1.807, 2.05) is 55.5 Å². The Morgan fingerprint density at radius 1 is 0.944 bits per heavy atom. The van der Waals surface area contributed by atoms with Crippen LogP contribution in [0.25, 0.3) is 16.8 Å². The number of rotatable bonds is 4. The Morgan fingerprint density at radius 2 is 1.67 bits per heavy atom. The van der Waals surface area contributed by atoms with Crippen LogP contribution in [0.5, 0.6) is 0 Å². The van der Waals surface area contributed by atoms with Gasteiger partial charge in [0.15, 0.2) is 0 Å². The minimum Gasteiger partial charge on any atom is -0.367 e. The zero-order valence-electron chi connectivity index (χ0n) is 19.8. The van der Waals surface area contributed by atoms with Gasteiger partial charge in [-0.2, -0.15) is 10.5 Å². The molecule has 2 amide bonds. The van der Waals surface area contributed by atoms with Gasteiger partial charge in [0, 0.05) is 10.8 Å². The third-order valence-corrected chi connectivity index (χ3v) is 8.09. The third-order valence-electron chi connectivity index (χ3n) is 8.09. The third kappa shape index (κ3) is 3.05. The number of imide groups is 1. The Hall–Kier alpha value is -4.26. The summed E-state index contributed by atoms with van der Waals surface area (Å²) in [5.41, 5.74) is 1.18. The summed E-state index contributed by atoms with van der Waals surface area (Å²) in [6.07, 6.45) is 5.93. The normalized spacial score (nSPS) is 28.6. The number of amides is 2. The zero-order chi connectivity index (χ0) is 25.1. The quantitative estimate of drug-likeness (QED) is 0.491. The van der Waals surface area contributed by atoms with E-state index in [-0.39, 0.29) is 11.8 Å². The average Bonchev–Trinajstić information content (AvgIpc) is 3.48.